The van der Waals surface area contributed by atoms with Crippen LogP contribution in [0.25, 0.3) is 0 Å². The molecule has 1 aliphatic rings. The van der Waals surface area contributed by atoms with Crippen LogP contribution >= 0.6 is 28.6 Å². The molecule has 1 amide bonds. The number of carbonyl (C=O) groups is 1. The Morgan fingerprint density at radius 2 is 2.05 bits per heavy atom. The molecule has 0 N–H and O–H groups in total. The van der Waals surface area contributed by atoms with Gasteiger partial charge in [-0.15, -0.1) is 12.6 Å². The van der Waals surface area contributed by atoms with Gasteiger partial charge in [-0.3, -0.25) is 4.79 Å². The van der Waals surface area contributed by atoms with Crippen LogP contribution < -0.4 is 4.90 Å². The van der Waals surface area contributed by atoms with Crippen molar-refractivity contribution in [2.24, 2.45) is 0 Å². The van der Waals surface area contributed by atoms with Crippen molar-refractivity contribution >= 4 is 40.2 Å². The van der Waals surface area contributed by atoms with E-state index in [4.69, 9.17) is 0 Å². The largest absolute Gasteiger partial charge is 0.305 e. The molecule has 2 nitrogen and oxygen atoms in total. The molecule has 1 heterocycles. The van der Waals surface area contributed by atoms with Gasteiger partial charge in [0.15, 0.2) is 0 Å². The average Bonchev–Trinajstić information content (AvgIpc) is 2.76. The number of carbonyl (C=O) groups excluding carboxylic acids is 1. The molecule has 1 unspecified atom stereocenters. The van der Waals surface area contributed by atoms with E-state index in [0.29, 0.717) is 5.56 Å². The highest BCUT2D eigenvalue weighted by Crippen LogP contribution is 2.34. The minimum atomic E-state index is 0.0187. The maximum Gasteiger partial charge on any atom is 0.259 e. The number of fused-ring (bicyclic) bond motifs is 1. The van der Waals surface area contributed by atoms with Crippen molar-refractivity contribution in [1.29, 1.82) is 0 Å². The lowest BCUT2D eigenvalue weighted by molar-refractivity contribution is 0.0980. The van der Waals surface area contributed by atoms with Gasteiger partial charge < -0.3 is 4.90 Å². The Labute approximate surface area is 132 Å². The third kappa shape index (κ3) is 2.27. The maximum absolute atomic E-state index is 12.9. The van der Waals surface area contributed by atoms with Crippen LogP contribution in [0.1, 0.15) is 22.8 Å². The number of nitrogens with zero attached hydrogens (tertiary/aromatic N) is 1. The van der Waals surface area contributed by atoms with Crippen molar-refractivity contribution < 1.29 is 4.79 Å². The Hall–Kier alpha value is -1.26. The molecule has 0 bridgehead atoms. The van der Waals surface area contributed by atoms with E-state index in [0.717, 1.165) is 21.5 Å². The molecule has 0 fully saturated rings. The molecule has 3 rings (SSSR count). The predicted octanol–water partition coefficient (Wildman–Crippen LogP) is 4.33. The summed E-state index contributed by atoms with van der Waals surface area (Å²) in [7, 11) is 0. The van der Waals surface area contributed by atoms with Crippen LogP contribution in [0.15, 0.2) is 51.8 Å². The number of thiol groups is 1. The van der Waals surface area contributed by atoms with E-state index >= 15 is 0 Å². The second-order valence-corrected chi connectivity index (χ2v) is 6.39. The highest BCUT2D eigenvalue weighted by molar-refractivity contribution is 9.10. The van der Waals surface area contributed by atoms with Crippen molar-refractivity contribution in [1.82, 2.24) is 0 Å². The molecule has 102 valence electrons. The van der Waals surface area contributed by atoms with E-state index in [1.807, 2.05) is 41.3 Å². The molecular weight excluding hydrogens is 334 g/mol. The summed E-state index contributed by atoms with van der Waals surface area (Å²) in [6, 6.07) is 13.8. The van der Waals surface area contributed by atoms with Crippen molar-refractivity contribution in [3.05, 3.63) is 58.1 Å². The maximum atomic E-state index is 12.9. The molecule has 1 aliphatic heterocycles. The zero-order valence-corrected chi connectivity index (χ0v) is 13.5. The summed E-state index contributed by atoms with van der Waals surface area (Å²) in [6.45, 7) is 2.08. The van der Waals surface area contributed by atoms with E-state index in [1.165, 1.54) is 5.56 Å². The number of benzene rings is 2. The van der Waals surface area contributed by atoms with Crippen LogP contribution in [0, 0.1) is 0 Å². The van der Waals surface area contributed by atoms with E-state index in [9.17, 15) is 4.79 Å². The van der Waals surface area contributed by atoms with Gasteiger partial charge in [0, 0.05) is 21.1 Å². The van der Waals surface area contributed by atoms with Gasteiger partial charge in [-0.05, 0) is 59.1 Å². The van der Waals surface area contributed by atoms with Crippen molar-refractivity contribution in [2.45, 2.75) is 24.3 Å². The zero-order chi connectivity index (χ0) is 14.3. The molecular formula is C16H14BrNOS. The second kappa shape index (κ2) is 5.26. The molecule has 20 heavy (non-hydrogen) atoms. The minimum absolute atomic E-state index is 0.0187. The molecule has 0 saturated heterocycles. The van der Waals surface area contributed by atoms with Gasteiger partial charge in [0.05, 0.1) is 5.56 Å². The quantitative estimate of drug-likeness (QED) is 0.761. The fraction of sp³-hybridized carbons (Fsp3) is 0.188. The molecule has 0 aliphatic carbocycles. The summed E-state index contributed by atoms with van der Waals surface area (Å²) in [6.07, 6.45) is 0.903. The number of halogens is 1. The fourth-order valence-corrected chi connectivity index (χ4v) is 3.30. The van der Waals surface area contributed by atoms with Gasteiger partial charge in [-0.2, -0.15) is 0 Å². The van der Waals surface area contributed by atoms with Crippen molar-refractivity contribution in [3.8, 4) is 0 Å². The van der Waals surface area contributed by atoms with Gasteiger partial charge >= 0.3 is 0 Å². The Kier molecular flexibility index (Phi) is 3.61. The van der Waals surface area contributed by atoms with Crippen LogP contribution in [0.2, 0.25) is 0 Å². The monoisotopic (exact) mass is 347 g/mol. The number of hydrogen-bond acceptors (Lipinski definition) is 2. The standard InChI is InChI=1S/C16H14BrNOS/c1-10-8-11-4-2-3-5-15(11)18(10)16(19)13-9-12(20)6-7-14(13)17/h2-7,9-10,20H,8H2,1H3. The smallest absolute Gasteiger partial charge is 0.259 e. The van der Waals surface area contributed by atoms with E-state index < -0.39 is 0 Å². The normalized spacial score (nSPS) is 17.1. The molecule has 2 aromatic rings. The summed E-state index contributed by atoms with van der Waals surface area (Å²) >= 11 is 7.78. The highest BCUT2D eigenvalue weighted by atomic mass is 79.9. The van der Waals surface area contributed by atoms with Crippen LogP contribution in [0.5, 0.6) is 0 Å². The van der Waals surface area contributed by atoms with E-state index in [2.05, 4.69) is 41.5 Å². The van der Waals surface area contributed by atoms with E-state index in [1.54, 1.807) is 0 Å². The Morgan fingerprint density at radius 3 is 2.85 bits per heavy atom. The van der Waals surface area contributed by atoms with Crippen LogP contribution in [-0.2, 0) is 6.42 Å². The summed E-state index contributed by atoms with van der Waals surface area (Å²) in [5, 5.41) is 0. The topological polar surface area (TPSA) is 20.3 Å². The van der Waals surface area contributed by atoms with E-state index in [-0.39, 0.29) is 11.9 Å². The van der Waals surface area contributed by atoms with Gasteiger partial charge in [0.25, 0.3) is 5.91 Å². The third-order valence-corrected chi connectivity index (χ3v) is 4.58. The third-order valence-electron chi connectivity index (χ3n) is 3.61. The molecule has 0 aromatic heterocycles. The minimum Gasteiger partial charge on any atom is -0.305 e. The Morgan fingerprint density at radius 1 is 1.30 bits per heavy atom. The zero-order valence-electron chi connectivity index (χ0n) is 11.0. The number of rotatable bonds is 1. The van der Waals surface area contributed by atoms with Gasteiger partial charge in [0.2, 0.25) is 0 Å². The van der Waals surface area contributed by atoms with Crippen LogP contribution in [0.4, 0.5) is 5.69 Å². The van der Waals surface area contributed by atoms with Gasteiger partial charge in [-0.1, -0.05) is 18.2 Å². The fourth-order valence-electron chi connectivity index (χ4n) is 2.68. The summed E-state index contributed by atoms with van der Waals surface area (Å²) in [5.74, 6) is 0.0187. The van der Waals surface area contributed by atoms with Crippen LogP contribution in [-0.4, -0.2) is 11.9 Å². The molecule has 0 radical (unpaired) electrons. The first kappa shape index (κ1) is 13.7. The Balaban J connectivity index is 2.05. The SMILES string of the molecule is CC1Cc2ccccc2N1C(=O)c1cc(S)ccc1Br. The predicted molar refractivity (Wildman–Crippen MR) is 87.8 cm³/mol. The molecule has 1 atom stereocenters. The summed E-state index contributed by atoms with van der Waals surface area (Å²) in [4.78, 5) is 15.5. The van der Waals surface area contributed by atoms with Crippen LogP contribution in [0.3, 0.4) is 0 Å². The first-order chi connectivity index (χ1) is 9.58. The van der Waals surface area contributed by atoms with Crippen molar-refractivity contribution in [3.63, 3.8) is 0 Å². The Bertz CT molecular complexity index is 686. The molecule has 0 spiro atoms. The molecule has 0 saturated carbocycles. The number of anilines is 1. The number of hydrogen-bond donors (Lipinski definition) is 1. The molecule has 2 aromatic carbocycles. The second-order valence-electron chi connectivity index (χ2n) is 5.02. The number of amides is 1. The lowest BCUT2D eigenvalue weighted by atomic mass is 10.1. The first-order valence-corrected chi connectivity index (χ1v) is 7.72. The summed E-state index contributed by atoms with van der Waals surface area (Å²) < 4.78 is 0.803. The first-order valence-electron chi connectivity index (χ1n) is 6.48. The van der Waals surface area contributed by atoms with Gasteiger partial charge in [0.1, 0.15) is 0 Å². The lowest BCUT2D eigenvalue weighted by Gasteiger charge is -2.23. The lowest BCUT2D eigenvalue weighted by Crippen LogP contribution is -2.35. The van der Waals surface area contributed by atoms with Crippen molar-refractivity contribution in [2.75, 3.05) is 4.90 Å². The molecule has 4 heteroatoms. The highest BCUT2D eigenvalue weighted by Gasteiger charge is 2.31. The number of para-hydroxylation sites is 1. The van der Waals surface area contributed by atoms with Gasteiger partial charge in [-0.25, -0.2) is 0 Å². The summed E-state index contributed by atoms with van der Waals surface area (Å²) in [5.41, 5.74) is 2.90. The average molecular weight is 348 g/mol.